The molecule has 0 unspecified atom stereocenters. The van der Waals surface area contributed by atoms with Crippen molar-refractivity contribution in [2.45, 2.75) is 26.1 Å². The molecule has 1 saturated carbocycles. The van der Waals surface area contributed by atoms with Crippen molar-refractivity contribution >= 4 is 36.7 Å². The fourth-order valence-corrected chi connectivity index (χ4v) is 3.08. The molecule has 0 aliphatic heterocycles. The molecule has 2 heterocycles. The predicted octanol–water partition coefficient (Wildman–Crippen LogP) is 2.64. The minimum atomic E-state index is -4.64. The first-order valence-corrected chi connectivity index (χ1v) is 11.9. The third-order valence-corrected chi connectivity index (χ3v) is 4.79. The number of phosphoric acid groups is 1. The summed E-state index contributed by atoms with van der Waals surface area (Å²) in [6.07, 6.45) is 3.19. The third kappa shape index (κ3) is 7.43. The Labute approximate surface area is 215 Å². The minimum absolute atomic E-state index is 0.0119. The zero-order valence-electron chi connectivity index (χ0n) is 24.9. The van der Waals surface area contributed by atoms with Gasteiger partial charge in [-0.25, -0.2) is 14.5 Å². The van der Waals surface area contributed by atoms with E-state index in [4.69, 9.17) is 32.2 Å². The molecular formula is C22H27N6O7P. The van der Waals surface area contributed by atoms with E-state index in [1.807, 2.05) is 0 Å². The Bertz CT molecular complexity index is 1500. The largest absolute Gasteiger partial charge is 0.494 e. The number of Topliss-reactive ketones (excluding diaryl/α,β-unsaturated/α-hetero) is 1. The number of aromatic nitrogens is 4. The van der Waals surface area contributed by atoms with Gasteiger partial charge in [-0.15, -0.1) is 0 Å². The average molecular weight is 525 g/mol. The number of nitrogens with zero attached hydrogens (tertiary/aromatic N) is 4. The fourth-order valence-electron chi connectivity index (χ4n) is 3.08. The molecule has 36 heavy (non-hydrogen) atoms. The molecule has 4 rings (SSSR count). The van der Waals surface area contributed by atoms with Crippen LogP contribution in [0.1, 0.15) is 44.7 Å². The number of carbonyl (C=O) groups is 2. The average Bonchev–Trinajstić information content (AvgIpc) is 3.57. The van der Waals surface area contributed by atoms with E-state index in [9.17, 15) is 9.59 Å². The second kappa shape index (κ2) is 11.4. The molecule has 0 spiro atoms. The molecule has 0 saturated heterocycles. The molecule has 1 amide bonds. The summed E-state index contributed by atoms with van der Waals surface area (Å²) in [5.41, 5.74) is 0.950. The van der Waals surface area contributed by atoms with Crippen molar-refractivity contribution in [2.24, 2.45) is 12.9 Å². The number of hydrogen-bond donors (Lipinski definition) is 5. The third-order valence-electron chi connectivity index (χ3n) is 4.79. The van der Waals surface area contributed by atoms with Crippen molar-refractivity contribution in [1.82, 2.24) is 19.7 Å². The van der Waals surface area contributed by atoms with E-state index in [1.165, 1.54) is 19.4 Å². The lowest BCUT2D eigenvalue weighted by atomic mass is 10.1. The number of nitrogens with one attached hydrogen (secondary N) is 2. The highest BCUT2D eigenvalue weighted by atomic mass is 31.2. The highest BCUT2D eigenvalue weighted by molar-refractivity contribution is 7.45. The number of para-hydroxylation sites is 1. The zero-order valence-corrected chi connectivity index (χ0v) is 19.8. The monoisotopic (exact) mass is 524 g/mol. The van der Waals surface area contributed by atoms with Crippen LogP contribution in [-0.2, 0) is 16.3 Å². The van der Waals surface area contributed by atoms with Gasteiger partial charge in [-0.3, -0.25) is 14.3 Å². The van der Waals surface area contributed by atoms with Gasteiger partial charge in [0.2, 0.25) is 5.91 Å². The van der Waals surface area contributed by atoms with E-state index in [-0.39, 0.29) is 40.5 Å². The van der Waals surface area contributed by atoms with Gasteiger partial charge in [0.25, 0.3) is 0 Å². The molecule has 1 aliphatic carbocycles. The van der Waals surface area contributed by atoms with Gasteiger partial charge in [0.15, 0.2) is 17.4 Å². The number of benzene rings is 1. The van der Waals surface area contributed by atoms with Gasteiger partial charge in [0.1, 0.15) is 12.1 Å². The molecule has 0 bridgehead atoms. The van der Waals surface area contributed by atoms with Gasteiger partial charge in [0, 0.05) is 39.8 Å². The van der Waals surface area contributed by atoms with Crippen molar-refractivity contribution in [3.8, 4) is 17.1 Å². The number of carbonyl (C=O) groups excluding carboxylic acids is 2. The fraction of sp³-hybridized carbons (Fsp3) is 0.318. The highest BCUT2D eigenvalue weighted by Crippen LogP contribution is 2.37. The molecule has 1 aromatic carbocycles. The van der Waals surface area contributed by atoms with Crippen LogP contribution in [0.3, 0.4) is 0 Å². The maximum atomic E-state index is 12.8. The molecule has 0 atom stereocenters. The Morgan fingerprint density at radius 1 is 1.25 bits per heavy atom. The lowest BCUT2D eigenvalue weighted by Crippen LogP contribution is -2.15. The van der Waals surface area contributed by atoms with E-state index >= 15 is 0 Å². The number of pyridine rings is 1. The first kappa shape index (κ1) is 19.5. The number of methoxy groups -OCH3 is 1. The smallest absolute Gasteiger partial charge is 0.466 e. The molecule has 14 heteroatoms. The van der Waals surface area contributed by atoms with Crippen LogP contribution in [0.4, 0.5) is 17.2 Å². The summed E-state index contributed by atoms with van der Waals surface area (Å²) in [6.45, 7) is -5.00. The molecule has 192 valence electrons. The van der Waals surface area contributed by atoms with Crippen molar-refractivity contribution in [2.75, 3.05) is 17.7 Å². The summed E-state index contributed by atoms with van der Waals surface area (Å²) in [7, 11) is -3.24. The van der Waals surface area contributed by atoms with Gasteiger partial charge < -0.3 is 30.1 Å². The summed E-state index contributed by atoms with van der Waals surface area (Å²) >= 11 is 0. The Hall–Kier alpha value is -3.64. The molecule has 2 aromatic heterocycles. The SMILES string of the molecule is O=P(O)(O)O.[2H]C([2H])([2H])CC(=O)c1cnc(NC(=O)C2CC2)cc1Nc1cccc(-c2ncn(C([2H])([2H])[2H])n2)c1OC. The van der Waals surface area contributed by atoms with E-state index in [2.05, 4.69) is 25.7 Å². The van der Waals surface area contributed by atoms with Gasteiger partial charge in [-0.05, 0) is 25.0 Å². The van der Waals surface area contributed by atoms with Crippen molar-refractivity contribution < 1.29 is 41.8 Å². The van der Waals surface area contributed by atoms with E-state index in [0.717, 1.165) is 23.9 Å². The van der Waals surface area contributed by atoms with E-state index < -0.39 is 33.9 Å². The van der Waals surface area contributed by atoms with Crippen molar-refractivity contribution in [3.63, 3.8) is 0 Å². The number of rotatable bonds is 8. The minimum Gasteiger partial charge on any atom is -0.494 e. The number of anilines is 3. The summed E-state index contributed by atoms with van der Waals surface area (Å²) in [5.74, 6) is -0.381. The Balaban J connectivity index is 0.000000892. The molecular weight excluding hydrogens is 491 g/mol. The van der Waals surface area contributed by atoms with Crippen LogP contribution < -0.4 is 15.4 Å². The van der Waals surface area contributed by atoms with Crippen molar-refractivity contribution in [3.05, 3.63) is 42.4 Å². The number of ether oxygens (including phenoxy) is 1. The molecule has 3 aromatic rings. The highest BCUT2D eigenvalue weighted by Gasteiger charge is 2.30. The lowest BCUT2D eigenvalue weighted by molar-refractivity contribution is -0.117. The number of hydrogen-bond acceptors (Lipinski definition) is 8. The Kier molecular flexibility index (Phi) is 6.19. The molecule has 5 N–H and O–H groups in total. The second-order valence-electron chi connectivity index (χ2n) is 7.52. The summed E-state index contributed by atoms with van der Waals surface area (Å²) < 4.78 is 60.1. The summed E-state index contributed by atoms with van der Waals surface area (Å²) in [4.78, 5) is 54.8. The van der Waals surface area contributed by atoms with E-state index in [1.54, 1.807) is 18.2 Å². The molecule has 1 aliphatic rings. The first-order chi connectivity index (χ1) is 19.4. The van der Waals surface area contributed by atoms with Crippen LogP contribution in [0.15, 0.2) is 36.8 Å². The van der Waals surface area contributed by atoms with Gasteiger partial charge >= 0.3 is 7.82 Å². The van der Waals surface area contributed by atoms with Gasteiger partial charge in [0.05, 0.1) is 29.6 Å². The molecule has 1 fully saturated rings. The van der Waals surface area contributed by atoms with Crippen LogP contribution in [0.25, 0.3) is 11.4 Å². The van der Waals surface area contributed by atoms with Crippen LogP contribution in [-0.4, -0.2) is 53.2 Å². The number of aryl methyl sites for hydroxylation is 1. The van der Waals surface area contributed by atoms with Crippen LogP contribution >= 0.6 is 7.82 Å². The standard InChI is InChI=1S/C22H24N6O3.H3O4P/c1-4-18(29)15-11-23-19(26-22(30)13-8-9-13)10-17(15)25-16-7-5-6-14(20(16)31-3)21-24-12-28(2)27-21;1-5(2,3)4/h5-7,10-13H,4,8-9H2,1-3H3,(H2,23,25,26,30);(H3,1,2,3,4)/i1D3,2D3;. The predicted molar refractivity (Wildman–Crippen MR) is 131 cm³/mol. The Morgan fingerprint density at radius 3 is 2.61 bits per heavy atom. The first-order valence-electron chi connectivity index (χ1n) is 13.3. The number of amides is 1. The number of ketones is 1. The van der Waals surface area contributed by atoms with E-state index in [0.29, 0.717) is 11.3 Å². The molecule has 13 nitrogen and oxygen atoms in total. The maximum Gasteiger partial charge on any atom is 0.466 e. The second-order valence-corrected chi connectivity index (χ2v) is 8.54. The zero-order chi connectivity index (χ0) is 31.5. The van der Waals surface area contributed by atoms with Crippen LogP contribution in [0, 0.1) is 5.92 Å². The topological polar surface area (TPSA) is 189 Å². The summed E-state index contributed by atoms with van der Waals surface area (Å²) in [5, 5.41) is 9.80. The normalized spacial score (nSPS) is 16.0. The summed E-state index contributed by atoms with van der Waals surface area (Å²) in [6, 6.07) is 6.37. The van der Waals surface area contributed by atoms with Crippen LogP contribution in [0.2, 0.25) is 0 Å². The maximum absolute atomic E-state index is 12.8. The lowest BCUT2D eigenvalue weighted by Gasteiger charge is -2.16. The van der Waals surface area contributed by atoms with Crippen LogP contribution in [0.5, 0.6) is 5.75 Å². The molecule has 0 radical (unpaired) electrons. The van der Waals surface area contributed by atoms with Gasteiger partial charge in [-0.2, -0.15) is 5.10 Å². The van der Waals surface area contributed by atoms with Crippen molar-refractivity contribution in [1.29, 1.82) is 0 Å². The Morgan fingerprint density at radius 2 is 2.00 bits per heavy atom. The van der Waals surface area contributed by atoms with Gasteiger partial charge in [-0.1, -0.05) is 12.9 Å². The quantitative estimate of drug-likeness (QED) is 0.215.